The summed E-state index contributed by atoms with van der Waals surface area (Å²) >= 11 is 0. The van der Waals surface area contributed by atoms with Gasteiger partial charge in [0, 0.05) is 5.92 Å². The molecule has 0 spiro atoms. The summed E-state index contributed by atoms with van der Waals surface area (Å²) in [4.78, 5) is 11.3. The van der Waals surface area contributed by atoms with Gasteiger partial charge in [-0.1, -0.05) is 12.1 Å². The average Bonchev–Trinajstić information content (AvgIpc) is 2.47. The van der Waals surface area contributed by atoms with Gasteiger partial charge in [-0.05, 0) is 49.3 Å². The van der Waals surface area contributed by atoms with Crippen molar-refractivity contribution in [2.24, 2.45) is 5.92 Å². The van der Waals surface area contributed by atoms with E-state index in [1.54, 1.807) is 0 Å². The van der Waals surface area contributed by atoms with E-state index >= 15 is 0 Å². The summed E-state index contributed by atoms with van der Waals surface area (Å²) in [7, 11) is 1.40. The molecule has 1 aromatic rings. The van der Waals surface area contributed by atoms with Gasteiger partial charge in [-0.25, -0.2) is 4.79 Å². The number of rotatable bonds is 2. The second-order valence-electron chi connectivity index (χ2n) is 4.83. The van der Waals surface area contributed by atoms with Crippen molar-refractivity contribution >= 4 is 5.97 Å². The number of terminal acetylenes is 1. The minimum atomic E-state index is -0.280. The normalized spacial score (nSPS) is 23.1. The van der Waals surface area contributed by atoms with E-state index in [1.165, 1.54) is 12.7 Å². The van der Waals surface area contributed by atoms with E-state index in [0.29, 0.717) is 17.4 Å². The van der Waals surface area contributed by atoms with Crippen molar-refractivity contribution in [3.8, 4) is 12.3 Å². The Balaban J connectivity index is 2.03. The van der Waals surface area contributed by atoms with Crippen molar-refractivity contribution in [1.82, 2.24) is 0 Å². The van der Waals surface area contributed by atoms with Gasteiger partial charge in [-0.3, -0.25) is 0 Å². The summed E-state index contributed by atoms with van der Waals surface area (Å²) in [6, 6.07) is 7.75. The summed E-state index contributed by atoms with van der Waals surface area (Å²) < 4.78 is 4.69. The molecule has 0 heterocycles. The second-order valence-corrected chi connectivity index (χ2v) is 4.83. The summed E-state index contributed by atoms with van der Waals surface area (Å²) in [6.45, 7) is 0. The molecular formula is C16H18O2. The van der Waals surface area contributed by atoms with Crippen molar-refractivity contribution in [3.05, 3.63) is 35.4 Å². The molecule has 0 atom stereocenters. The molecule has 0 radical (unpaired) electrons. The molecule has 0 saturated heterocycles. The molecule has 0 aromatic heterocycles. The Morgan fingerprint density at radius 1 is 1.22 bits per heavy atom. The molecule has 0 bridgehead atoms. The van der Waals surface area contributed by atoms with E-state index in [9.17, 15) is 4.79 Å². The van der Waals surface area contributed by atoms with Crippen molar-refractivity contribution in [3.63, 3.8) is 0 Å². The topological polar surface area (TPSA) is 26.3 Å². The minimum Gasteiger partial charge on any atom is -0.465 e. The van der Waals surface area contributed by atoms with E-state index in [-0.39, 0.29) is 5.97 Å². The van der Waals surface area contributed by atoms with E-state index in [0.717, 1.165) is 25.7 Å². The van der Waals surface area contributed by atoms with E-state index in [1.807, 2.05) is 24.3 Å². The van der Waals surface area contributed by atoms with Crippen LogP contribution in [0.3, 0.4) is 0 Å². The van der Waals surface area contributed by atoms with Crippen LogP contribution in [0.5, 0.6) is 0 Å². The fraction of sp³-hybridized carbons (Fsp3) is 0.438. The van der Waals surface area contributed by atoms with Gasteiger partial charge in [0.2, 0.25) is 0 Å². The third-order valence-electron chi connectivity index (χ3n) is 3.77. The fourth-order valence-electron chi connectivity index (χ4n) is 2.60. The molecule has 1 aliphatic rings. The molecule has 1 aromatic carbocycles. The van der Waals surface area contributed by atoms with Crippen molar-refractivity contribution < 1.29 is 9.53 Å². The second kappa shape index (κ2) is 5.73. The highest BCUT2D eigenvalue weighted by molar-refractivity contribution is 5.89. The van der Waals surface area contributed by atoms with Gasteiger partial charge in [0.05, 0.1) is 12.7 Å². The molecule has 0 unspecified atom stereocenters. The van der Waals surface area contributed by atoms with Gasteiger partial charge in [-0.2, -0.15) is 0 Å². The zero-order valence-electron chi connectivity index (χ0n) is 10.7. The van der Waals surface area contributed by atoms with E-state index < -0.39 is 0 Å². The molecule has 0 aliphatic heterocycles. The predicted octanol–water partition coefficient (Wildman–Crippen LogP) is 3.38. The molecule has 1 saturated carbocycles. The first-order chi connectivity index (χ1) is 8.74. The highest BCUT2D eigenvalue weighted by Gasteiger charge is 2.21. The molecule has 2 nitrogen and oxygen atoms in total. The van der Waals surface area contributed by atoms with Crippen LogP contribution in [-0.2, 0) is 4.74 Å². The summed E-state index contributed by atoms with van der Waals surface area (Å²) in [5.74, 6) is 3.61. The monoisotopic (exact) mass is 242 g/mol. The molecule has 18 heavy (non-hydrogen) atoms. The molecule has 0 amide bonds. The number of esters is 1. The Hall–Kier alpha value is -1.75. The first kappa shape index (κ1) is 12.7. The Morgan fingerprint density at radius 2 is 1.83 bits per heavy atom. The quantitative estimate of drug-likeness (QED) is 0.587. The summed E-state index contributed by atoms with van der Waals surface area (Å²) in [5.41, 5.74) is 1.91. The van der Waals surface area contributed by atoms with E-state index in [4.69, 9.17) is 6.42 Å². The maximum Gasteiger partial charge on any atom is 0.337 e. The van der Waals surface area contributed by atoms with Crippen LogP contribution in [0.15, 0.2) is 24.3 Å². The zero-order chi connectivity index (χ0) is 13.0. The fourth-order valence-corrected chi connectivity index (χ4v) is 2.60. The Bertz CT molecular complexity index is 445. The number of carbonyl (C=O) groups excluding carboxylic acids is 1. The largest absolute Gasteiger partial charge is 0.465 e. The predicted molar refractivity (Wildman–Crippen MR) is 71.3 cm³/mol. The average molecular weight is 242 g/mol. The SMILES string of the molecule is C#CC1CCC(c2ccc(C(=O)OC)cc2)CC1. The van der Waals surface area contributed by atoms with Crippen molar-refractivity contribution in [2.45, 2.75) is 31.6 Å². The van der Waals surface area contributed by atoms with Crippen LogP contribution < -0.4 is 0 Å². The number of benzene rings is 1. The van der Waals surface area contributed by atoms with Crippen LogP contribution in [0.4, 0.5) is 0 Å². The maximum absolute atomic E-state index is 11.3. The smallest absolute Gasteiger partial charge is 0.337 e. The van der Waals surface area contributed by atoms with Crippen LogP contribution in [0.2, 0.25) is 0 Å². The molecule has 94 valence electrons. The van der Waals surface area contributed by atoms with Crippen molar-refractivity contribution in [1.29, 1.82) is 0 Å². The summed E-state index contributed by atoms with van der Waals surface area (Å²) in [6.07, 6.45) is 9.97. The third kappa shape index (κ3) is 2.73. The van der Waals surface area contributed by atoms with Crippen LogP contribution in [0.25, 0.3) is 0 Å². The van der Waals surface area contributed by atoms with Gasteiger partial charge in [0.15, 0.2) is 0 Å². The Kier molecular flexibility index (Phi) is 4.04. The lowest BCUT2D eigenvalue weighted by molar-refractivity contribution is 0.0600. The number of hydrogen-bond acceptors (Lipinski definition) is 2. The number of ether oxygens (including phenoxy) is 1. The Labute approximate surface area is 108 Å². The summed E-state index contributed by atoms with van der Waals surface area (Å²) in [5, 5.41) is 0. The van der Waals surface area contributed by atoms with Crippen molar-refractivity contribution in [2.75, 3.05) is 7.11 Å². The van der Waals surface area contributed by atoms with Crippen LogP contribution >= 0.6 is 0 Å². The van der Waals surface area contributed by atoms with Gasteiger partial charge < -0.3 is 4.74 Å². The lowest BCUT2D eigenvalue weighted by Crippen LogP contribution is -2.12. The molecular weight excluding hydrogens is 224 g/mol. The zero-order valence-corrected chi connectivity index (χ0v) is 10.7. The lowest BCUT2D eigenvalue weighted by atomic mass is 9.79. The van der Waals surface area contributed by atoms with Gasteiger partial charge >= 0.3 is 5.97 Å². The van der Waals surface area contributed by atoms with Gasteiger partial charge in [-0.15, -0.1) is 12.3 Å². The third-order valence-corrected chi connectivity index (χ3v) is 3.77. The standard InChI is InChI=1S/C16H18O2/c1-3-12-4-6-13(7-5-12)14-8-10-15(11-9-14)16(17)18-2/h1,8-13H,4-7H2,2H3. The molecule has 0 N–H and O–H groups in total. The first-order valence-electron chi connectivity index (χ1n) is 6.39. The number of hydrogen-bond donors (Lipinski definition) is 0. The van der Waals surface area contributed by atoms with Gasteiger partial charge in [0.25, 0.3) is 0 Å². The molecule has 2 rings (SSSR count). The maximum atomic E-state index is 11.3. The molecule has 1 aliphatic carbocycles. The van der Waals surface area contributed by atoms with E-state index in [2.05, 4.69) is 10.7 Å². The molecule has 2 heteroatoms. The highest BCUT2D eigenvalue weighted by atomic mass is 16.5. The van der Waals surface area contributed by atoms with Crippen LogP contribution in [-0.4, -0.2) is 13.1 Å². The number of carbonyl (C=O) groups is 1. The molecule has 1 fully saturated rings. The van der Waals surface area contributed by atoms with Crippen LogP contribution in [0, 0.1) is 18.3 Å². The van der Waals surface area contributed by atoms with Crippen LogP contribution in [0.1, 0.15) is 47.5 Å². The van der Waals surface area contributed by atoms with Gasteiger partial charge in [0.1, 0.15) is 0 Å². The highest BCUT2D eigenvalue weighted by Crippen LogP contribution is 2.35. The number of methoxy groups -OCH3 is 1. The Morgan fingerprint density at radius 3 is 2.33 bits per heavy atom. The lowest BCUT2D eigenvalue weighted by Gasteiger charge is -2.25. The first-order valence-corrected chi connectivity index (χ1v) is 6.39. The minimum absolute atomic E-state index is 0.280.